The molecule has 0 saturated carbocycles. The Bertz CT molecular complexity index is 1040. The number of methoxy groups -OCH3 is 1. The van der Waals surface area contributed by atoms with Crippen molar-refractivity contribution in [3.63, 3.8) is 0 Å². The molecule has 0 unspecified atom stereocenters. The van der Waals surface area contributed by atoms with Gasteiger partial charge in [-0.2, -0.15) is 5.26 Å². The molecule has 0 fully saturated rings. The van der Waals surface area contributed by atoms with Crippen molar-refractivity contribution in [2.24, 2.45) is 0 Å². The Kier molecular flexibility index (Phi) is 2.63. The lowest BCUT2D eigenvalue weighted by Gasteiger charge is -2.00. The van der Waals surface area contributed by atoms with Crippen LogP contribution in [-0.2, 0) is 0 Å². The van der Waals surface area contributed by atoms with Crippen molar-refractivity contribution in [2.75, 3.05) is 7.11 Å². The predicted molar refractivity (Wildman–Crippen MR) is 84.7 cm³/mol. The molecule has 2 N–H and O–H groups in total. The van der Waals surface area contributed by atoms with Gasteiger partial charge in [0.25, 0.3) is 0 Å². The molecule has 5 nitrogen and oxygen atoms in total. The number of hydrogen-bond donors (Lipinski definition) is 2. The maximum Gasteiger partial charge on any atom is 0.139 e. The van der Waals surface area contributed by atoms with E-state index in [1.54, 1.807) is 19.4 Å². The van der Waals surface area contributed by atoms with Crippen molar-refractivity contribution in [1.29, 1.82) is 5.26 Å². The van der Waals surface area contributed by atoms with Gasteiger partial charge in [-0.15, -0.1) is 0 Å². The third-order valence-electron chi connectivity index (χ3n) is 3.83. The number of fused-ring (bicyclic) bond motifs is 2. The first-order valence-corrected chi connectivity index (χ1v) is 6.83. The first kappa shape index (κ1) is 12.5. The Hall–Kier alpha value is -3.26. The van der Waals surface area contributed by atoms with E-state index in [9.17, 15) is 5.26 Å². The number of aromatic nitrogens is 3. The van der Waals surface area contributed by atoms with Crippen LogP contribution < -0.4 is 4.74 Å². The second kappa shape index (κ2) is 4.64. The molecule has 0 saturated heterocycles. The molecule has 5 heteroatoms. The van der Waals surface area contributed by atoms with E-state index in [-0.39, 0.29) is 0 Å². The third-order valence-corrected chi connectivity index (χ3v) is 3.83. The van der Waals surface area contributed by atoms with Gasteiger partial charge < -0.3 is 14.7 Å². The fourth-order valence-corrected chi connectivity index (χ4v) is 2.72. The second-order valence-corrected chi connectivity index (χ2v) is 5.03. The van der Waals surface area contributed by atoms with Crippen molar-refractivity contribution < 1.29 is 4.74 Å². The zero-order chi connectivity index (χ0) is 15.1. The van der Waals surface area contributed by atoms with E-state index in [1.165, 1.54) is 0 Å². The maximum atomic E-state index is 9.20. The van der Waals surface area contributed by atoms with E-state index in [2.05, 4.69) is 21.0 Å². The van der Waals surface area contributed by atoms with Gasteiger partial charge in [0.2, 0.25) is 0 Å². The molecule has 0 aliphatic rings. The fraction of sp³-hybridized carbons (Fsp3) is 0.0588. The number of nitriles is 1. The minimum Gasteiger partial charge on any atom is -0.497 e. The molecule has 0 aliphatic heterocycles. The highest BCUT2D eigenvalue weighted by molar-refractivity contribution is 5.98. The molecule has 0 radical (unpaired) electrons. The van der Waals surface area contributed by atoms with Crippen LogP contribution in [0, 0.1) is 11.3 Å². The van der Waals surface area contributed by atoms with Crippen molar-refractivity contribution in [3.8, 4) is 23.1 Å². The van der Waals surface area contributed by atoms with Gasteiger partial charge in [0.1, 0.15) is 11.4 Å². The molecule has 3 aromatic heterocycles. The summed E-state index contributed by atoms with van der Waals surface area (Å²) in [5, 5.41) is 11.1. The average Bonchev–Trinajstić information content (AvgIpc) is 3.16. The molecule has 106 valence electrons. The molecule has 0 aliphatic carbocycles. The summed E-state index contributed by atoms with van der Waals surface area (Å²) in [7, 11) is 1.65. The minimum absolute atomic E-state index is 0.616. The quantitative estimate of drug-likeness (QED) is 0.591. The Balaban J connectivity index is 1.97. The lowest BCUT2D eigenvalue weighted by atomic mass is 10.1. The summed E-state index contributed by atoms with van der Waals surface area (Å²) in [6.07, 6.45) is 3.58. The molecule has 0 spiro atoms. The monoisotopic (exact) mass is 288 g/mol. The fourth-order valence-electron chi connectivity index (χ4n) is 2.72. The predicted octanol–water partition coefficient (Wildman–Crippen LogP) is 3.59. The lowest BCUT2D eigenvalue weighted by Crippen LogP contribution is -1.82. The third kappa shape index (κ3) is 1.75. The highest BCUT2D eigenvalue weighted by atomic mass is 16.5. The number of aromatic amines is 2. The smallest absolute Gasteiger partial charge is 0.139 e. The van der Waals surface area contributed by atoms with E-state index in [0.29, 0.717) is 11.2 Å². The average molecular weight is 288 g/mol. The Labute approximate surface area is 126 Å². The Morgan fingerprint density at radius 2 is 2.09 bits per heavy atom. The summed E-state index contributed by atoms with van der Waals surface area (Å²) in [6, 6.07) is 11.8. The van der Waals surface area contributed by atoms with Crippen molar-refractivity contribution in [3.05, 3.63) is 48.3 Å². The molecule has 3 heterocycles. The standard InChI is InChI=1S/C17H12N4O/c1-22-11-2-3-15-13(6-11)14(9-20-15)16-7-12-10(8-18)4-5-19-17(12)21-16/h2-7,9,20H,1H3,(H,19,21). The number of ether oxygens (including phenoxy) is 1. The molecular formula is C17H12N4O. The van der Waals surface area contributed by atoms with E-state index in [4.69, 9.17) is 4.74 Å². The van der Waals surface area contributed by atoms with Gasteiger partial charge in [-0.25, -0.2) is 4.98 Å². The maximum absolute atomic E-state index is 9.20. The van der Waals surface area contributed by atoms with Gasteiger partial charge in [-0.05, 0) is 30.3 Å². The van der Waals surface area contributed by atoms with Crippen LogP contribution in [0.2, 0.25) is 0 Å². The summed E-state index contributed by atoms with van der Waals surface area (Å²) in [5.74, 6) is 0.806. The van der Waals surface area contributed by atoms with Gasteiger partial charge in [-0.3, -0.25) is 0 Å². The molecule has 0 amide bonds. The first-order valence-electron chi connectivity index (χ1n) is 6.83. The lowest BCUT2D eigenvalue weighted by molar-refractivity contribution is 0.415. The minimum atomic E-state index is 0.616. The van der Waals surface area contributed by atoms with Crippen LogP contribution in [0.1, 0.15) is 5.56 Å². The normalized spacial score (nSPS) is 10.9. The summed E-state index contributed by atoms with van der Waals surface area (Å²) in [4.78, 5) is 10.8. The zero-order valence-electron chi connectivity index (χ0n) is 11.8. The van der Waals surface area contributed by atoms with Gasteiger partial charge in [0.15, 0.2) is 0 Å². The summed E-state index contributed by atoms with van der Waals surface area (Å²) in [5.41, 5.74) is 4.31. The van der Waals surface area contributed by atoms with Crippen molar-refractivity contribution in [1.82, 2.24) is 15.0 Å². The van der Waals surface area contributed by atoms with E-state index in [0.717, 1.165) is 33.3 Å². The van der Waals surface area contributed by atoms with Gasteiger partial charge in [0.05, 0.1) is 18.7 Å². The second-order valence-electron chi connectivity index (χ2n) is 5.03. The Morgan fingerprint density at radius 3 is 2.91 bits per heavy atom. The van der Waals surface area contributed by atoms with Crippen LogP contribution in [0.25, 0.3) is 33.2 Å². The van der Waals surface area contributed by atoms with Crippen molar-refractivity contribution >= 4 is 21.9 Å². The van der Waals surface area contributed by atoms with Gasteiger partial charge in [-0.1, -0.05) is 0 Å². The highest BCUT2D eigenvalue weighted by Gasteiger charge is 2.12. The van der Waals surface area contributed by atoms with Crippen LogP contribution in [0.4, 0.5) is 0 Å². The zero-order valence-corrected chi connectivity index (χ0v) is 11.8. The molecule has 1 aromatic carbocycles. The first-order chi connectivity index (χ1) is 10.8. The number of nitrogens with one attached hydrogen (secondary N) is 2. The summed E-state index contributed by atoms with van der Waals surface area (Å²) >= 11 is 0. The van der Waals surface area contributed by atoms with E-state index >= 15 is 0 Å². The largest absolute Gasteiger partial charge is 0.497 e. The molecule has 4 rings (SSSR count). The molecule has 0 bridgehead atoms. The highest BCUT2D eigenvalue weighted by Crippen LogP contribution is 2.32. The number of H-pyrrole nitrogens is 2. The van der Waals surface area contributed by atoms with Crippen molar-refractivity contribution in [2.45, 2.75) is 0 Å². The number of benzene rings is 1. The SMILES string of the molecule is COc1ccc2[nH]cc(-c3cc4c(C#N)ccnc4[nH]3)c2c1. The summed E-state index contributed by atoms with van der Waals surface area (Å²) in [6.45, 7) is 0. The number of hydrogen-bond acceptors (Lipinski definition) is 3. The topological polar surface area (TPSA) is 77.5 Å². The van der Waals surface area contributed by atoms with Gasteiger partial charge in [0, 0.05) is 39.9 Å². The van der Waals surface area contributed by atoms with Crippen LogP contribution in [0.3, 0.4) is 0 Å². The van der Waals surface area contributed by atoms with Crippen LogP contribution in [0.5, 0.6) is 5.75 Å². The summed E-state index contributed by atoms with van der Waals surface area (Å²) < 4.78 is 5.30. The number of rotatable bonds is 2. The van der Waals surface area contributed by atoms with Crippen LogP contribution in [-0.4, -0.2) is 22.1 Å². The molecule has 0 atom stereocenters. The van der Waals surface area contributed by atoms with E-state index < -0.39 is 0 Å². The van der Waals surface area contributed by atoms with Crippen LogP contribution >= 0.6 is 0 Å². The Morgan fingerprint density at radius 1 is 1.18 bits per heavy atom. The van der Waals surface area contributed by atoms with Gasteiger partial charge >= 0.3 is 0 Å². The number of nitrogens with zero attached hydrogens (tertiary/aromatic N) is 2. The molecule has 22 heavy (non-hydrogen) atoms. The van der Waals surface area contributed by atoms with E-state index in [1.807, 2.05) is 30.5 Å². The molecule has 4 aromatic rings. The van der Waals surface area contributed by atoms with Crippen LogP contribution in [0.15, 0.2) is 42.7 Å². The number of pyridine rings is 1. The molecular weight excluding hydrogens is 276 g/mol.